The van der Waals surface area contributed by atoms with Gasteiger partial charge in [-0.1, -0.05) is 60.7 Å². The van der Waals surface area contributed by atoms with E-state index in [0.29, 0.717) is 19.5 Å². The van der Waals surface area contributed by atoms with E-state index in [0.717, 1.165) is 11.1 Å². The molecule has 0 aromatic heterocycles. The number of aliphatic hydroxyl groups excluding tert-OH is 1. The first-order valence-electron chi connectivity index (χ1n) is 8.42. The highest BCUT2D eigenvalue weighted by Crippen LogP contribution is 2.06. The third-order valence-corrected chi connectivity index (χ3v) is 3.80. The van der Waals surface area contributed by atoms with Gasteiger partial charge >= 0.3 is 0 Å². The smallest absolute Gasteiger partial charge is 0.242 e. The standard InChI is InChI=1S/C20H24N2O3/c23-13-7-12-22(16-18-10-5-2-6-11-18)20(25)15-21-19(24)14-17-8-3-1-4-9-17/h1-6,8-11,23H,7,12-16H2,(H,21,24). The van der Waals surface area contributed by atoms with Crippen molar-refractivity contribution in [2.24, 2.45) is 0 Å². The minimum atomic E-state index is -0.179. The number of carbonyl (C=O) groups is 2. The third kappa shape index (κ3) is 6.77. The quantitative estimate of drug-likeness (QED) is 0.731. The summed E-state index contributed by atoms with van der Waals surface area (Å²) in [6.45, 7) is 0.913. The maximum atomic E-state index is 12.4. The molecule has 0 saturated heterocycles. The molecule has 0 unspecified atom stereocenters. The highest BCUT2D eigenvalue weighted by atomic mass is 16.3. The Kier molecular flexibility index (Phi) is 7.66. The van der Waals surface area contributed by atoms with Crippen LogP contribution in [0.5, 0.6) is 0 Å². The largest absolute Gasteiger partial charge is 0.396 e. The lowest BCUT2D eigenvalue weighted by Crippen LogP contribution is -2.41. The Morgan fingerprint density at radius 3 is 2.12 bits per heavy atom. The Hall–Kier alpha value is -2.66. The predicted molar refractivity (Wildman–Crippen MR) is 96.7 cm³/mol. The SMILES string of the molecule is O=C(Cc1ccccc1)NCC(=O)N(CCCO)Cc1ccccc1. The Morgan fingerprint density at radius 1 is 0.920 bits per heavy atom. The monoisotopic (exact) mass is 340 g/mol. The molecule has 132 valence electrons. The molecule has 0 heterocycles. The van der Waals surface area contributed by atoms with Gasteiger partial charge in [0.05, 0.1) is 13.0 Å². The van der Waals surface area contributed by atoms with Gasteiger partial charge in [0.1, 0.15) is 0 Å². The Bertz CT molecular complexity index is 659. The molecule has 0 aliphatic carbocycles. The van der Waals surface area contributed by atoms with Crippen LogP contribution in [-0.4, -0.2) is 41.5 Å². The van der Waals surface area contributed by atoms with Gasteiger partial charge in [-0.05, 0) is 17.5 Å². The lowest BCUT2D eigenvalue weighted by Gasteiger charge is -2.23. The van der Waals surface area contributed by atoms with Crippen LogP contribution in [0.1, 0.15) is 17.5 Å². The zero-order valence-electron chi connectivity index (χ0n) is 14.2. The molecule has 2 aromatic carbocycles. The molecule has 5 heteroatoms. The molecule has 0 atom stereocenters. The summed E-state index contributed by atoms with van der Waals surface area (Å²) in [6.07, 6.45) is 0.764. The van der Waals surface area contributed by atoms with E-state index < -0.39 is 0 Å². The number of hydrogen-bond donors (Lipinski definition) is 2. The zero-order valence-corrected chi connectivity index (χ0v) is 14.2. The van der Waals surface area contributed by atoms with Gasteiger partial charge in [-0.2, -0.15) is 0 Å². The molecule has 2 rings (SSSR count). The van der Waals surface area contributed by atoms with E-state index in [2.05, 4.69) is 5.32 Å². The number of aliphatic hydroxyl groups is 1. The van der Waals surface area contributed by atoms with Crippen molar-refractivity contribution in [3.63, 3.8) is 0 Å². The number of nitrogens with one attached hydrogen (secondary N) is 1. The van der Waals surface area contributed by atoms with Crippen LogP contribution < -0.4 is 5.32 Å². The molecule has 2 amide bonds. The van der Waals surface area contributed by atoms with Gasteiger partial charge in [-0.3, -0.25) is 9.59 Å². The number of hydrogen-bond acceptors (Lipinski definition) is 3. The van der Waals surface area contributed by atoms with Crippen molar-refractivity contribution in [2.75, 3.05) is 19.7 Å². The van der Waals surface area contributed by atoms with Crippen molar-refractivity contribution in [2.45, 2.75) is 19.4 Å². The van der Waals surface area contributed by atoms with Crippen LogP contribution in [0, 0.1) is 0 Å². The highest BCUT2D eigenvalue weighted by molar-refractivity contribution is 5.85. The second-order valence-corrected chi connectivity index (χ2v) is 5.82. The van der Waals surface area contributed by atoms with E-state index in [1.807, 2.05) is 60.7 Å². The predicted octanol–water partition coefficient (Wildman–Crippen LogP) is 1.76. The normalized spacial score (nSPS) is 10.3. The Labute approximate surface area is 148 Å². The van der Waals surface area contributed by atoms with E-state index >= 15 is 0 Å². The maximum Gasteiger partial charge on any atom is 0.242 e. The number of nitrogens with zero attached hydrogens (tertiary/aromatic N) is 1. The number of benzene rings is 2. The molecular weight excluding hydrogens is 316 g/mol. The lowest BCUT2D eigenvalue weighted by molar-refractivity contribution is -0.133. The van der Waals surface area contributed by atoms with Gasteiger partial charge in [-0.25, -0.2) is 0 Å². The summed E-state index contributed by atoms with van der Waals surface area (Å²) in [5.74, 6) is -0.333. The summed E-state index contributed by atoms with van der Waals surface area (Å²) in [5.41, 5.74) is 1.93. The fourth-order valence-corrected chi connectivity index (χ4v) is 2.49. The molecule has 25 heavy (non-hydrogen) atoms. The van der Waals surface area contributed by atoms with E-state index in [1.165, 1.54) is 0 Å². The molecule has 0 fully saturated rings. The molecule has 0 aliphatic heterocycles. The molecule has 0 saturated carbocycles. The fraction of sp³-hybridized carbons (Fsp3) is 0.300. The summed E-state index contributed by atoms with van der Waals surface area (Å²) >= 11 is 0. The molecular formula is C20H24N2O3. The number of carbonyl (C=O) groups excluding carboxylic acids is 2. The molecule has 5 nitrogen and oxygen atoms in total. The Balaban J connectivity index is 1.86. The zero-order chi connectivity index (χ0) is 17.9. The maximum absolute atomic E-state index is 12.4. The minimum absolute atomic E-state index is 0.0267. The average molecular weight is 340 g/mol. The van der Waals surface area contributed by atoms with E-state index in [-0.39, 0.29) is 31.4 Å². The summed E-state index contributed by atoms with van der Waals surface area (Å²) in [4.78, 5) is 26.1. The van der Waals surface area contributed by atoms with Crippen LogP contribution in [0.25, 0.3) is 0 Å². The summed E-state index contributed by atoms with van der Waals surface area (Å²) < 4.78 is 0. The van der Waals surface area contributed by atoms with Crippen LogP contribution in [0.3, 0.4) is 0 Å². The van der Waals surface area contributed by atoms with Crippen molar-refractivity contribution < 1.29 is 14.7 Å². The summed E-state index contributed by atoms with van der Waals surface area (Å²) in [6, 6.07) is 19.1. The van der Waals surface area contributed by atoms with Crippen LogP contribution in [0.2, 0.25) is 0 Å². The van der Waals surface area contributed by atoms with Crippen molar-refractivity contribution in [3.8, 4) is 0 Å². The highest BCUT2D eigenvalue weighted by Gasteiger charge is 2.15. The molecule has 0 radical (unpaired) electrons. The van der Waals surface area contributed by atoms with Crippen molar-refractivity contribution in [3.05, 3.63) is 71.8 Å². The van der Waals surface area contributed by atoms with E-state index in [9.17, 15) is 9.59 Å². The molecule has 0 aliphatic rings. The van der Waals surface area contributed by atoms with Gasteiger partial charge in [-0.15, -0.1) is 0 Å². The van der Waals surface area contributed by atoms with E-state index in [4.69, 9.17) is 5.11 Å². The van der Waals surface area contributed by atoms with Crippen LogP contribution in [0.15, 0.2) is 60.7 Å². The number of rotatable bonds is 9. The number of amides is 2. The lowest BCUT2D eigenvalue weighted by atomic mass is 10.1. The topological polar surface area (TPSA) is 69.6 Å². The van der Waals surface area contributed by atoms with Crippen molar-refractivity contribution in [1.82, 2.24) is 10.2 Å². The van der Waals surface area contributed by atoms with Crippen LogP contribution >= 0.6 is 0 Å². The summed E-state index contributed by atoms with van der Waals surface area (Å²) in [5, 5.41) is 11.7. The third-order valence-electron chi connectivity index (χ3n) is 3.80. The fourth-order valence-electron chi connectivity index (χ4n) is 2.49. The second kappa shape index (κ2) is 10.3. The first-order valence-corrected chi connectivity index (χ1v) is 8.42. The molecule has 0 bridgehead atoms. The second-order valence-electron chi connectivity index (χ2n) is 5.82. The molecule has 2 aromatic rings. The first-order chi connectivity index (χ1) is 12.2. The van der Waals surface area contributed by atoms with Crippen LogP contribution in [-0.2, 0) is 22.6 Å². The van der Waals surface area contributed by atoms with Crippen molar-refractivity contribution in [1.29, 1.82) is 0 Å². The Morgan fingerprint density at radius 2 is 1.52 bits per heavy atom. The van der Waals surface area contributed by atoms with Crippen molar-refractivity contribution >= 4 is 11.8 Å². The summed E-state index contributed by atoms with van der Waals surface area (Å²) in [7, 11) is 0. The molecule has 0 spiro atoms. The molecule has 2 N–H and O–H groups in total. The van der Waals surface area contributed by atoms with E-state index in [1.54, 1.807) is 4.90 Å². The van der Waals surface area contributed by atoms with Gasteiger partial charge in [0.15, 0.2) is 0 Å². The minimum Gasteiger partial charge on any atom is -0.396 e. The van der Waals surface area contributed by atoms with Gasteiger partial charge in [0.2, 0.25) is 11.8 Å². The van der Waals surface area contributed by atoms with Crippen LogP contribution in [0.4, 0.5) is 0 Å². The van der Waals surface area contributed by atoms with Gasteiger partial charge < -0.3 is 15.3 Å². The van der Waals surface area contributed by atoms with Gasteiger partial charge in [0, 0.05) is 19.7 Å². The first kappa shape index (κ1) is 18.7. The van der Waals surface area contributed by atoms with Gasteiger partial charge in [0.25, 0.3) is 0 Å². The average Bonchev–Trinajstić information content (AvgIpc) is 2.65.